The third kappa shape index (κ3) is 4.93. The van der Waals surface area contributed by atoms with Crippen molar-refractivity contribution in [2.75, 3.05) is 24.4 Å². The Morgan fingerprint density at radius 3 is 2.36 bits per heavy atom. The van der Waals surface area contributed by atoms with Crippen LogP contribution in [0.3, 0.4) is 0 Å². The molecule has 0 radical (unpaired) electrons. The van der Waals surface area contributed by atoms with Crippen LogP contribution in [0.4, 0.5) is 20.6 Å². The van der Waals surface area contributed by atoms with Crippen LogP contribution in [0, 0.1) is 5.82 Å². The SMILES string of the molecule is COc1ccc(C(C)(C)C)cc1NC(=O)NC1N=C(c2ccccc2F)c2ccccc2N(C)C1=O. The predicted molar refractivity (Wildman–Crippen MR) is 140 cm³/mol. The molecule has 0 saturated carbocycles. The van der Waals surface area contributed by atoms with Crippen LogP contribution < -0.4 is 20.3 Å². The second-order valence-corrected chi connectivity index (χ2v) is 9.54. The number of nitrogens with zero attached hydrogens (tertiary/aromatic N) is 2. The molecular formula is C28H29FN4O3. The average molecular weight is 489 g/mol. The molecule has 2 N–H and O–H groups in total. The van der Waals surface area contributed by atoms with E-state index in [-0.39, 0.29) is 16.7 Å². The minimum Gasteiger partial charge on any atom is -0.495 e. The molecule has 4 rings (SSSR count). The first-order valence-corrected chi connectivity index (χ1v) is 11.6. The quantitative estimate of drug-likeness (QED) is 0.536. The number of benzodiazepines with no additional fused rings is 1. The largest absolute Gasteiger partial charge is 0.495 e. The van der Waals surface area contributed by atoms with Crippen molar-refractivity contribution in [3.8, 4) is 5.75 Å². The highest BCUT2D eigenvalue weighted by molar-refractivity contribution is 6.20. The summed E-state index contributed by atoms with van der Waals surface area (Å²) in [4.78, 5) is 32.3. The molecule has 3 aromatic rings. The normalized spacial score (nSPS) is 15.5. The number of urea groups is 1. The van der Waals surface area contributed by atoms with Crippen LogP contribution in [0.15, 0.2) is 71.7 Å². The lowest BCUT2D eigenvalue weighted by molar-refractivity contribution is -0.119. The Kier molecular flexibility index (Phi) is 6.79. The van der Waals surface area contributed by atoms with E-state index in [0.717, 1.165) is 5.56 Å². The smallest absolute Gasteiger partial charge is 0.321 e. The van der Waals surface area contributed by atoms with Crippen molar-refractivity contribution in [1.82, 2.24) is 5.32 Å². The van der Waals surface area contributed by atoms with E-state index in [1.54, 1.807) is 55.6 Å². The maximum Gasteiger partial charge on any atom is 0.321 e. The third-order valence-electron chi connectivity index (χ3n) is 6.05. The van der Waals surface area contributed by atoms with Gasteiger partial charge in [-0.15, -0.1) is 0 Å². The summed E-state index contributed by atoms with van der Waals surface area (Å²) < 4.78 is 20.2. The molecular weight excluding hydrogens is 459 g/mol. The van der Waals surface area contributed by atoms with E-state index in [9.17, 15) is 14.0 Å². The number of aliphatic imine (C=N–C) groups is 1. The Balaban J connectivity index is 1.70. The topological polar surface area (TPSA) is 83.0 Å². The van der Waals surface area contributed by atoms with E-state index >= 15 is 0 Å². The van der Waals surface area contributed by atoms with E-state index in [1.807, 2.05) is 12.1 Å². The lowest BCUT2D eigenvalue weighted by Gasteiger charge is -2.22. The number of benzene rings is 3. The number of ether oxygens (including phenoxy) is 1. The van der Waals surface area contributed by atoms with Crippen LogP contribution >= 0.6 is 0 Å². The summed E-state index contributed by atoms with van der Waals surface area (Å²) in [7, 11) is 3.12. The molecule has 1 heterocycles. The van der Waals surface area contributed by atoms with Gasteiger partial charge in [0, 0.05) is 18.2 Å². The Bertz CT molecular complexity index is 1350. The molecule has 186 valence electrons. The van der Waals surface area contributed by atoms with E-state index in [1.165, 1.54) is 18.1 Å². The third-order valence-corrected chi connectivity index (χ3v) is 6.05. The van der Waals surface area contributed by atoms with Gasteiger partial charge in [0.25, 0.3) is 5.91 Å². The molecule has 3 amide bonds. The van der Waals surface area contributed by atoms with Gasteiger partial charge in [-0.25, -0.2) is 14.2 Å². The summed E-state index contributed by atoms with van der Waals surface area (Å²) >= 11 is 0. The Morgan fingerprint density at radius 1 is 1.03 bits per heavy atom. The molecule has 0 aromatic heterocycles. The maximum absolute atomic E-state index is 14.8. The fourth-order valence-corrected chi connectivity index (χ4v) is 4.04. The van der Waals surface area contributed by atoms with E-state index in [4.69, 9.17) is 4.74 Å². The first kappa shape index (κ1) is 24.9. The summed E-state index contributed by atoms with van der Waals surface area (Å²) in [6, 6.07) is 18.2. The summed E-state index contributed by atoms with van der Waals surface area (Å²) in [6.07, 6.45) is -1.28. The molecule has 1 unspecified atom stereocenters. The first-order chi connectivity index (χ1) is 17.1. The number of para-hydroxylation sites is 1. The molecule has 7 nitrogen and oxygen atoms in total. The van der Waals surface area contributed by atoms with Gasteiger partial charge in [-0.2, -0.15) is 0 Å². The molecule has 0 fully saturated rings. The number of halogens is 1. The van der Waals surface area contributed by atoms with Crippen LogP contribution in [0.1, 0.15) is 37.5 Å². The van der Waals surface area contributed by atoms with Gasteiger partial charge in [0.05, 0.1) is 24.2 Å². The summed E-state index contributed by atoms with van der Waals surface area (Å²) in [5.41, 5.74) is 2.97. The van der Waals surface area contributed by atoms with Crippen molar-refractivity contribution in [2.45, 2.75) is 32.4 Å². The molecule has 3 aromatic carbocycles. The fraction of sp³-hybridized carbons (Fsp3) is 0.250. The maximum atomic E-state index is 14.8. The Labute approximate surface area is 210 Å². The number of hydrogen-bond donors (Lipinski definition) is 2. The second kappa shape index (κ2) is 9.81. The van der Waals surface area contributed by atoms with Crippen LogP contribution in [-0.4, -0.2) is 38.0 Å². The standard InChI is InChI=1S/C28H29FN4O3/c1-28(2,3)17-14-15-23(36-5)21(16-17)30-27(35)32-25-26(34)33(4)22-13-9-7-11-19(22)24(31-25)18-10-6-8-12-20(18)29/h6-16,25H,1-5H3,(H2,30,32,35). The van der Waals surface area contributed by atoms with Gasteiger partial charge in [0.15, 0.2) is 0 Å². The molecule has 1 aliphatic heterocycles. The van der Waals surface area contributed by atoms with Crippen molar-refractivity contribution < 1.29 is 18.7 Å². The molecule has 1 aliphatic rings. The number of hydrogen-bond acceptors (Lipinski definition) is 4. The molecule has 8 heteroatoms. The Hall–Kier alpha value is -4.20. The summed E-state index contributed by atoms with van der Waals surface area (Å²) in [5.74, 6) is -0.459. The number of carbonyl (C=O) groups excluding carboxylic acids is 2. The van der Waals surface area contributed by atoms with Crippen molar-refractivity contribution in [3.63, 3.8) is 0 Å². The van der Waals surface area contributed by atoms with Crippen molar-refractivity contribution in [3.05, 3.63) is 89.2 Å². The number of likely N-dealkylation sites (N-methyl/N-ethyl adjacent to an activating group) is 1. The lowest BCUT2D eigenvalue weighted by atomic mass is 9.87. The number of fused-ring (bicyclic) bond motifs is 1. The van der Waals surface area contributed by atoms with Gasteiger partial charge in [0.2, 0.25) is 6.17 Å². The molecule has 0 spiro atoms. The number of methoxy groups -OCH3 is 1. The average Bonchev–Trinajstić information content (AvgIpc) is 2.94. The number of amides is 3. The van der Waals surface area contributed by atoms with E-state index < -0.39 is 23.9 Å². The predicted octanol–water partition coefficient (Wildman–Crippen LogP) is 5.09. The van der Waals surface area contributed by atoms with Gasteiger partial charge in [-0.3, -0.25) is 4.79 Å². The van der Waals surface area contributed by atoms with Crippen LogP contribution in [0.2, 0.25) is 0 Å². The van der Waals surface area contributed by atoms with Gasteiger partial charge >= 0.3 is 6.03 Å². The monoisotopic (exact) mass is 488 g/mol. The molecule has 0 aliphatic carbocycles. The zero-order chi connectivity index (χ0) is 26.0. The van der Waals surface area contributed by atoms with E-state index in [2.05, 4.69) is 36.4 Å². The van der Waals surface area contributed by atoms with Crippen LogP contribution in [0.5, 0.6) is 5.75 Å². The zero-order valence-electron chi connectivity index (χ0n) is 20.9. The number of nitrogens with one attached hydrogen (secondary N) is 2. The highest BCUT2D eigenvalue weighted by Gasteiger charge is 2.32. The molecule has 36 heavy (non-hydrogen) atoms. The summed E-state index contributed by atoms with van der Waals surface area (Å²) in [5, 5.41) is 5.42. The minimum atomic E-state index is -1.28. The number of anilines is 2. The Morgan fingerprint density at radius 2 is 1.69 bits per heavy atom. The van der Waals surface area contributed by atoms with E-state index in [0.29, 0.717) is 22.7 Å². The van der Waals surface area contributed by atoms with Crippen LogP contribution in [-0.2, 0) is 10.2 Å². The molecule has 0 saturated heterocycles. The first-order valence-electron chi connectivity index (χ1n) is 11.6. The summed E-state index contributed by atoms with van der Waals surface area (Å²) in [6.45, 7) is 6.19. The van der Waals surface area contributed by atoms with Gasteiger partial charge in [0.1, 0.15) is 11.6 Å². The zero-order valence-corrected chi connectivity index (χ0v) is 20.9. The number of rotatable bonds is 4. The fourth-order valence-electron chi connectivity index (χ4n) is 4.04. The van der Waals surface area contributed by atoms with Crippen molar-refractivity contribution in [2.24, 2.45) is 4.99 Å². The second-order valence-electron chi connectivity index (χ2n) is 9.54. The lowest BCUT2D eigenvalue weighted by Crippen LogP contribution is -2.47. The van der Waals surface area contributed by atoms with Gasteiger partial charge in [-0.1, -0.05) is 57.2 Å². The molecule has 0 bridgehead atoms. The van der Waals surface area contributed by atoms with Gasteiger partial charge < -0.3 is 20.3 Å². The van der Waals surface area contributed by atoms with Crippen molar-refractivity contribution >= 4 is 29.0 Å². The highest BCUT2D eigenvalue weighted by atomic mass is 19.1. The molecule has 1 atom stereocenters. The minimum absolute atomic E-state index is 0.149. The number of carbonyl (C=O) groups is 2. The van der Waals surface area contributed by atoms with Crippen molar-refractivity contribution in [1.29, 1.82) is 0 Å². The van der Waals surface area contributed by atoms with Crippen LogP contribution in [0.25, 0.3) is 0 Å². The van der Waals surface area contributed by atoms with Gasteiger partial charge in [-0.05, 0) is 41.3 Å². The highest BCUT2D eigenvalue weighted by Crippen LogP contribution is 2.32.